The predicted octanol–water partition coefficient (Wildman–Crippen LogP) is 5.37. The number of hydrogen-bond acceptors (Lipinski definition) is 3. The number of alkyl halides is 3. The summed E-state index contributed by atoms with van der Waals surface area (Å²) in [5.74, 6) is -0.698. The molecule has 0 aliphatic carbocycles. The van der Waals surface area contributed by atoms with Crippen LogP contribution in [-0.4, -0.2) is 18.2 Å². The molecule has 0 bridgehead atoms. The van der Waals surface area contributed by atoms with E-state index in [9.17, 15) is 18.0 Å². The zero-order chi connectivity index (χ0) is 21.9. The summed E-state index contributed by atoms with van der Waals surface area (Å²) in [5, 5.41) is 3.17. The summed E-state index contributed by atoms with van der Waals surface area (Å²) in [6, 6.07) is 13.2. The molecule has 0 amide bonds. The number of carbonyl (C=O) groups excluding carboxylic acids is 1. The lowest BCUT2D eigenvalue weighted by atomic mass is 9.89. The number of thiocarbonyl (C=S) groups is 1. The SMILES string of the molecule is CCCC1=C(C(=O)OC)[C@@H](c2ccccc2C(F)(F)F)NC(=S)N1c1ccccc1. The topological polar surface area (TPSA) is 41.6 Å². The van der Waals surface area contributed by atoms with E-state index in [1.807, 2.05) is 37.3 Å². The van der Waals surface area contributed by atoms with Gasteiger partial charge in [0.05, 0.1) is 24.3 Å². The lowest BCUT2D eigenvalue weighted by molar-refractivity contribution is -0.139. The number of para-hydroxylation sites is 1. The van der Waals surface area contributed by atoms with Crippen LogP contribution in [-0.2, 0) is 15.7 Å². The van der Waals surface area contributed by atoms with Gasteiger partial charge in [-0.25, -0.2) is 4.79 Å². The number of rotatable bonds is 5. The first-order valence-electron chi connectivity index (χ1n) is 9.42. The van der Waals surface area contributed by atoms with E-state index in [0.717, 1.165) is 6.07 Å². The van der Waals surface area contributed by atoms with E-state index in [4.69, 9.17) is 17.0 Å². The van der Waals surface area contributed by atoms with Crippen LogP contribution in [0.2, 0.25) is 0 Å². The molecule has 0 saturated heterocycles. The van der Waals surface area contributed by atoms with Crippen molar-refractivity contribution in [1.82, 2.24) is 5.32 Å². The molecular formula is C22H21F3N2O2S. The molecule has 4 nitrogen and oxygen atoms in total. The Hall–Kier alpha value is -2.87. The van der Waals surface area contributed by atoms with Gasteiger partial charge in [-0.15, -0.1) is 0 Å². The highest BCUT2D eigenvalue weighted by Crippen LogP contribution is 2.41. The third-order valence-corrected chi connectivity index (χ3v) is 5.12. The fourth-order valence-corrected chi connectivity index (χ4v) is 3.92. The minimum absolute atomic E-state index is 0.0749. The summed E-state index contributed by atoms with van der Waals surface area (Å²) in [7, 11) is 1.21. The van der Waals surface area contributed by atoms with Gasteiger partial charge in [0.1, 0.15) is 0 Å². The van der Waals surface area contributed by atoms with E-state index < -0.39 is 23.8 Å². The van der Waals surface area contributed by atoms with Gasteiger partial charge in [-0.2, -0.15) is 13.2 Å². The third-order valence-electron chi connectivity index (χ3n) is 4.82. The Bertz CT molecular complexity index is 974. The lowest BCUT2D eigenvalue weighted by Gasteiger charge is -2.39. The van der Waals surface area contributed by atoms with Gasteiger partial charge in [-0.05, 0) is 42.4 Å². The Kier molecular flexibility index (Phi) is 6.45. The first-order valence-corrected chi connectivity index (χ1v) is 9.83. The Balaban J connectivity index is 2.27. The maximum atomic E-state index is 13.7. The van der Waals surface area contributed by atoms with Crippen molar-refractivity contribution in [2.24, 2.45) is 0 Å². The molecule has 1 N–H and O–H groups in total. The lowest BCUT2D eigenvalue weighted by Crippen LogP contribution is -2.49. The minimum Gasteiger partial charge on any atom is -0.466 e. The largest absolute Gasteiger partial charge is 0.466 e. The molecule has 1 atom stereocenters. The van der Waals surface area contributed by atoms with Crippen molar-refractivity contribution >= 4 is 29.0 Å². The number of nitrogens with zero attached hydrogens (tertiary/aromatic N) is 1. The first-order chi connectivity index (χ1) is 14.3. The van der Waals surface area contributed by atoms with Crippen LogP contribution in [0.25, 0.3) is 0 Å². The van der Waals surface area contributed by atoms with Crippen LogP contribution in [0.5, 0.6) is 0 Å². The highest BCUT2D eigenvalue weighted by atomic mass is 32.1. The Labute approximate surface area is 178 Å². The van der Waals surface area contributed by atoms with Gasteiger partial charge in [-0.1, -0.05) is 49.7 Å². The van der Waals surface area contributed by atoms with Crippen molar-refractivity contribution in [3.8, 4) is 0 Å². The average molecular weight is 434 g/mol. The molecule has 8 heteroatoms. The second-order valence-electron chi connectivity index (χ2n) is 6.74. The molecule has 2 aromatic rings. The van der Waals surface area contributed by atoms with E-state index in [-0.39, 0.29) is 16.2 Å². The van der Waals surface area contributed by atoms with Crippen molar-refractivity contribution < 1.29 is 22.7 Å². The molecule has 0 radical (unpaired) electrons. The quantitative estimate of drug-likeness (QED) is 0.506. The normalized spacial score (nSPS) is 17.0. The molecule has 0 unspecified atom stereocenters. The number of ether oxygens (including phenoxy) is 1. The Morgan fingerprint density at radius 3 is 2.37 bits per heavy atom. The molecule has 0 saturated carbocycles. The van der Waals surface area contributed by atoms with E-state index in [1.165, 1.54) is 25.3 Å². The number of benzene rings is 2. The molecule has 0 fully saturated rings. The number of anilines is 1. The molecular weight excluding hydrogens is 413 g/mol. The highest BCUT2D eigenvalue weighted by Gasteiger charge is 2.41. The van der Waals surface area contributed by atoms with Crippen molar-refractivity contribution in [2.45, 2.75) is 32.0 Å². The van der Waals surface area contributed by atoms with Crippen LogP contribution < -0.4 is 10.2 Å². The molecule has 1 aliphatic heterocycles. The van der Waals surface area contributed by atoms with Crippen molar-refractivity contribution in [3.05, 3.63) is 77.0 Å². The van der Waals surface area contributed by atoms with Gasteiger partial charge in [0.15, 0.2) is 5.11 Å². The van der Waals surface area contributed by atoms with Crippen LogP contribution in [0, 0.1) is 0 Å². The molecule has 3 rings (SSSR count). The van der Waals surface area contributed by atoms with Crippen LogP contribution in [0.4, 0.5) is 18.9 Å². The number of allylic oxidation sites excluding steroid dienone is 1. The van der Waals surface area contributed by atoms with E-state index in [0.29, 0.717) is 24.2 Å². The molecule has 2 aromatic carbocycles. The fourth-order valence-electron chi connectivity index (χ4n) is 3.59. The van der Waals surface area contributed by atoms with Crippen LogP contribution >= 0.6 is 12.2 Å². The third kappa shape index (κ3) is 4.18. The van der Waals surface area contributed by atoms with Crippen LogP contribution in [0.3, 0.4) is 0 Å². The minimum atomic E-state index is -4.58. The number of carbonyl (C=O) groups is 1. The number of methoxy groups -OCH3 is 1. The summed E-state index contributed by atoms with van der Waals surface area (Å²) < 4.78 is 46.1. The molecule has 158 valence electrons. The molecule has 0 aromatic heterocycles. The van der Waals surface area contributed by atoms with Gasteiger partial charge in [0, 0.05) is 11.4 Å². The zero-order valence-corrected chi connectivity index (χ0v) is 17.3. The van der Waals surface area contributed by atoms with Crippen molar-refractivity contribution in [3.63, 3.8) is 0 Å². The summed E-state index contributed by atoms with van der Waals surface area (Å²) in [4.78, 5) is 14.5. The summed E-state index contributed by atoms with van der Waals surface area (Å²) >= 11 is 5.54. The van der Waals surface area contributed by atoms with Crippen LogP contribution in [0.15, 0.2) is 65.9 Å². The number of nitrogens with one attached hydrogen (secondary N) is 1. The monoisotopic (exact) mass is 434 g/mol. The van der Waals surface area contributed by atoms with Crippen molar-refractivity contribution in [2.75, 3.05) is 12.0 Å². The number of halogens is 3. The number of hydrogen-bond donors (Lipinski definition) is 1. The van der Waals surface area contributed by atoms with Gasteiger partial charge >= 0.3 is 12.1 Å². The fraction of sp³-hybridized carbons (Fsp3) is 0.273. The predicted molar refractivity (Wildman–Crippen MR) is 113 cm³/mol. The van der Waals surface area contributed by atoms with E-state index in [2.05, 4.69) is 5.32 Å². The van der Waals surface area contributed by atoms with E-state index >= 15 is 0 Å². The molecule has 1 aliphatic rings. The molecule has 0 spiro atoms. The smallest absolute Gasteiger partial charge is 0.416 e. The number of esters is 1. The van der Waals surface area contributed by atoms with Crippen LogP contribution in [0.1, 0.15) is 36.9 Å². The molecule has 1 heterocycles. The van der Waals surface area contributed by atoms with Gasteiger partial charge in [0.2, 0.25) is 0 Å². The molecule has 30 heavy (non-hydrogen) atoms. The second-order valence-corrected chi connectivity index (χ2v) is 7.13. The highest BCUT2D eigenvalue weighted by molar-refractivity contribution is 7.80. The van der Waals surface area contributed by atoms with E-state index in [1.54, 1.807) is 4.90 Å². The van der Waals surface area contributed by atoms with Gasteiger partial charge < -0.3 is 10.1 Å². The summed E-state index contributed by atoms with van der Waals surface area (Å²) in [5.41, 5.74) is 0.460. The van der Waals surface area contributed by atoms with Gasteiger partial charge in [-0.3, -0.25) is 4.90 Å². The maximum Gasteiger partial charge on any atom is 0.416 e. The van der Waals surface area contributed by atoms with Gasteiger partial charge in [0.25, 0.3) is 0 Å². The zero-order valence-electron chi connectivity index (χ0n) is 16.5. The Morgan fingerprint density at radius 1 is 1.13 bits per heavy atom. The first kappa shape index (κ1) is 21.8. The summed E-state index contributed by atoms with van der Waals surface area (Å²) in [6.07, 6.45) is -3.48. The summed E-state index contributed by atoms with van der Waals surface area (Å²) in [6.45, 7) is 1.93. The standard InChI is InChI=1S/C22H21F3N2O2S/c1-3-9-17-18(20(28)29-2)19(15-12-7-8-13-16(15)22(23,24)25)26-21(30)27(17)14-10-5-4-6-11-14/h4-8,10-13,19H,3,9H2,1-2H3,(H,26,30)/t19-/m1/s1. The maximum absolute atomic E-state index is 13.7. The average Bonchev–Trinajstić information content (AvgIpc) is 2.73. The van der Waals surface area contributed by atoms with Crippen molar-refractivity contribution in [1.29, 1.82) is 0 Å². The Morgan fingerprint density at radius 2 is 1.77 bits per heavy atom. The second kappa shape index (κ2) is 8.87.